The first-order chi connectivity index (χ1) is 13.5. The fraction of sp³-hybridized carbons (Fsp3) is 0.500. The van der Waals surface area contributed by atoms with Crippen LogP contribution in [0, 0.1) is 0 Å². The zero-order chi connectivity index (χ0) is 20.3. The molecule has 1 aromatic carbocycles. The molecule has 0 bridgehead atoms. The zero-order valence-corrected chi connectivity index (χ0v) is 16.1. The molecule has 4 atom stereocenters. The Morgan fingerprint density at radius 1 is 1.43 bits per heavy atom. The van der Waals surface area contributed by atoms with Crippen LogP contribution in [0.4, 0.5) is 4.79 Å². The van der Waals surface area contributed by atoms with Gasteiger partial charge in [-0.3, -0.25) is 0 Å². The molecule has 1 saturated heterocycles. The first kappa shape index (κ1) is 20.8. The number of hydrogen-bond donors (Lipinski definition) is 5. The second-order valence-electron chi connectivity index (χ2n) is 6.41. The highest BCUT2D eigenvalue weighted by molar-refractivity contribution is 7.19. The zero-order valence-electron chi connectivity index (χ0n) is 15.3. The predicted molar refractivity (Wildman–Crippen MR) is 102 cm³/mol. The number of ether oxygens (including phenoxy) is 3. The summed E-state index contributed by atoms with van der Waals surface area (Å²) in [5.41, 5.74) is 6.58. The number of carbonyl (C=O) groups excluding carboxylic acids is 1. The van der Waals surface area contributed by atoms with Gasteiger partial charge in [-0.1, -0.05) is 6.07 Å². The number of fused-ring (bicyclic) bond motifs is 1. The number of benzene rings is 1. The summed E-state index contributed by atoms with van der Waals surface area (Å²) in [7, 11) is 1.49. The van der Waals surface area contributed by atoms with Gasteiger partial charge in [0, 0.05) is 40.5 Å². The summed E-state index contributed by atoms with van der Waals surface area (Å²) in [5.74, 6) is 0.514. The predicted octanol–water partition coefficient (Wildman–Crippen LogP) is 0.424. The number of rotatable bonds is 6. The van der Waals surface area contributed by atoms with E-state index in [2.05, 4.69) is 5.32 Å². The standard InChI is InChI=1S/C18H24N2O7S/c1-20-18(24)25-8-9-2-3-13(11-4-10(6-19)28-17(9)11)26-15-5-12(22)16(23)14(7-21)27-15/h2-4,12,14-16,21-23H,5-8,19H2,1H3,(H,20,24)/t12-,14-,15-,16-/m1/s1. The first-order valence-electron chi connectivity index (χ1n) is 8.84. The van der Waals surface area contributed by atoms with Gasteiger partial charge < -0.3 is 40.6 Å². The smallest absolute Gasteiger partial charge is 0.407 e. The third-order valence-electron chi connectivity index (χ3n) is 4.51. The van der Waals surface area contributed by atoms with Gasteiger partial charge in [0.15, 0.2) is 0 Å². The molecule has 28 heavy (non-hydrogen) atoms. The Labute approximate surface area is 165 Å². The van der Waals surface area contributed by atoms with Gasteiger partial charge >= 0.3 is 6.09 Å². The molecule has 0 saturated carbocycles. The van der Waals surface area contributed by atoms with Crippen LogP contribution >= 0.6 is 11.3 Å². The molecule has 2 aromatic rings. The van der Waals surface area contributed by atoms with E-state index in [0.29, 0.717) is 12.3 Å². The minimum atomic E-state index is -1.17. The van der Waals surface area contributed by atoms with E-state index >= 15 is 0 Å². The maximum absolute atomic E-state index is 11.4. The molecule has 3 rings (SSSR count). The molecular formula is C18H24N2O7S. The van der Waals surface area contributed by atoms with Crippen LogP contribution in [0.25, 0.3) is 10.1 Å². The van der Waals surface area contributed by atoms with Crippen molar-refractivity contribution >= 4 is 27.5 Å². The van der Waals surface area contributed by atoms with E-state index in [-0.39, 0.29) is 13.0 Å². The third kappa shape index (κ3) is 4.37. The highest BCUT2D eigenvalue weighted by Gasteiger charge is 2.37. The van der Waals surface area contributed by atoms with Crippen molar-refractivity contribution in [1.29, 1.82) is 0 Å². The molecule has 1 aliphatic rings. The highest BCUT2D eigenvalue weighted by Crippen LogP contribution is 2.37. The molecule has 0 unspecified atom stereocenters. The van der Waals surface area contributed by atoms with Crippen molar-refractivity contribution in [3.8, 4) is 5.75 Å². The second-order valence-corrected chi connectivity index (χ2v) is 7.54. The van der Waals surface area contributed by atoms with E-state index < -0.39 is 37.3 Å². The number of carbonyl (C=O) groups is 1. The van der Waals surface area contributed by atoms with Gasteiger partial charge in [0.25, 0.3) is 0 Å². The van der Waals surface area contributed by atoms with Crippen molar-refractivity contribution in [2.45, 2.75) is 44.2 Å². The van der Waals surface area contributed by atoms with Crippen molar-refractivity contribution < 1.29 is 34.3 Å². The van der Waals surface area contributed by atoms with Crippen LogP contribution in [0.5, 0.6) is 5.75 Å². The summed E-state index contributed by atoms with van der Waals surface area (Å²) >= 11 is 1.48. The molecule has 0 radical (unpaired) electrons. The summed E-state index contributed by atoms with van der Waals surface area (Å²) in [6.45, 7) is 0.0173. The molecule has 1 aliphatic heterocycles. The number of nitrogens with two attached hydrogens (primary N) is 1. The lowest BCUT2D eigenvalue weighted by atomic mass is 10.0. The van der Waals surface area contributed by atoms with E-state index in [1.807, 2.05) is 6.07 Å². The van der Waals surface area contributed by atoms with Crippen LogP contribution in [-0.4, -0.2) is 59.7 Å². The van der Waals surface area contributed by atoms with E-state index in [1.54, 1.807) is 12.1 Å². The van der Waals surface area contributed by atoms with E-state index in [1.165, 1.54) is 18.4 Å². The molecular weight excluding hydrogens is 388 g/mol. The summed E-state index contributed by atoms with van der Waals surface area (Å²) < 4.78 is 17.5. The number of aliphatic hydroxyl groups excluding tert-OH is 3. The maximum atomic E-state index is 11.4. The second kappa shape index (κ2) is 9.03. The van der Waals surface area contributed by atoms with Gasteiger partial charge in [-0.15, -0.1) is 11.3 Å². The summed E-state index contributed by atoms with van der Waals surface area (Å²) in [5, 5.41) is 32.3. The first-order valence-corrected chi connectivity index (χ1v) is 9.66. The van der Waals surface area contributed by atoms with Crippen molar-refractivity contribution in [3.05, 3.63) is 28.6 Å². The van der Waals surface area contributed by atoms with Crippen LogP contribution < -0.4 is 15.8 Å². The third-order valence-corrected chi connectivity index (χ3v) is 5.75. The monoisotopic (exact) mass is 412 g/mol. The number of nitrogens with one attached hydrogen (secondary N) is 1. The summed E-state index contributed by atoms with van der Waals surface area (Å²) in [4.78, 5) is 12.3. The maximum Gasteiger partial charge on any atom is 0.407 e. The van der Waals surface area contributed by atoms with Crippen LogP contribution in [0.3, 0.4) is 0 Å². The summed E-state index contributed by atoms with van der Waals surface area (Å²) in [6, 6.07) is 5.41. The van der Waals surface area contributed by atoms with Crippen LogP contribution in [0.2, 0.25) is 0 Å². The Balaban J connectivity index is 1.85. The van der Waals surface area contributed by atoms with Crippen molar-refractivity contribution in [3.63, 3.8) is 0 Å². The van der Waals surface area contributed by atoms with E-state index in [9.17, 15) is 20.1 Å². The van der Waals surface area contributed by atoms with Crippen molar-refractivity contribution in [2.24, 2.45) is 5.73 Å². The average molecular weight is 412 g/mol. The van der Waals surface area contributed by atoms with Crippen LogP contribution in [0.1, 0.15) is 16.9 Å². The SMILES string of the molecule is CNC(=O)OCc1ccc(O[C@H]2C[C@@H](O)[C@@H](O)[C@@H](CO)O2)c2cc(CN)sc12. The lowest BCUT2D eigenvalue weighted by Gasteiger charge is -2.36. The van der Waals surface area contributed by atoms with Crippen molar-refractivity contribution in [1.82, 2.24) is 5.32 Å². The normalized spacial score (nSPS) is 24.9. The van der Waals surface area contributed by atoms with Gasteiger partial charge in [0.1, 0.15) is 24.6 Å². The molecule has 0 spiro atoms. The molecule has 9 nitrogen and oxygen atoms in total. The highest BCUT2D eigenvalue weighted by atomic mass is 32.1. The number of hydrogen-bond acceptors (Lipinski definition) is 9. The summed E-state index contributed by atoms with van der Waals surface area (Å²) in [6.07, 6.45) is -4.44. The molecule has 2 heterocycles. The van der Waals surface area contributed by atoms with Crippen LogP contribution in [0.15, 0.2) is 18.2 Å². The lowest BCUT2D eigenvalue weighted by molar-refractivity contribution is -0.229. The van der Waals surface area contributed by atoms with E-state index in [0.717, 1.165) is 20.5 Å². The van der Waals surface area contributed by atoms with Gasteiger partial charge in [0.05, 0.1) is 12.7 Å². The Hall–Kier alpha value is -1.95. The minimum Gasteiger partial charge on any atom is -0.464 e. The minimum absolute atomic E-state index is 0.0641. The molecule has 1 amide bonds. The lowest BCUT2D eigenvalue weighted by Crippen LogP contribution is -2.51. The van der Waals surface area contributed by atoms with Gasteiger partial charge in [-0.05, 0) is 12.1 Å². The molecule has 6 N–H and O–H groups in total. The number of alkyl carbamates (subject to hydrolysis) is 1. The van der Waals surface area contributed by atoms with Gasteiger partial charge in [-0.2, -0.15) is 0 Å². The Bertz CT molecular complexity index is 828. The Morgan fingerprint density at radius 2 is 2.21 bits per heavy atom. The average Bonchev–Trinajstić information content (AvgIpc) is 3.14. The fourth-order valence-corrected chi connectivity index (χ4v) is 4.07. The Morgan fingerprint density at radius 3 is 2.89 bits per heavy atom. The topological polar surface area (TPSA) is 144 Å². The molecule has 1 aromatic heterocycles. The quantitative estimate of drug-likeness (QED) is 0.459. The van der Waals surface area contributed by atoms with E-state index in [4.69, 9.17) is 19.9 Å². The fourth-order valence-electron chi connectivity index (χ4n) is 3.02. The molecule has 1 fully saturated rings. The van der Waals surface area contributed by atoms with Gasteiger partial charge in [-0.25, -0.2) is 4.79 Å². The van der Waals surface area contributed by atoms with Crippen molar-refractivity contribution in [2.75, 3.05) is 13.7 Å². The number of aliphatic hydroxyl groups is 3. The molecule has 10 heteroatoms. The number of amides is 1. The molecule has 0 aliphatic carbocycles. The van der Waals surface area contributed by atoms with Gasteiger partial charge in [0.2, 0.25) is 6.29 Å². The van der Waals surface area contributed by atoms with Crippen LogP contribution in [-0.2, 0) is 22.6 Å². The Kier molecular flexibility index (Phi) is 6.70. The number of thiophene rings is 1. The largest absolute Gasteiger partial charge is 0.464 e. The molecule has 154 valence electrons.